The molecule has 0 heterocycles. The first kappa shape index (κ1) is 14.9. The molecule has 2 aromatic rings. The summed E-state index contributed by atoms with van der Waals surface area (Å²) in [4.78, 5) is 1.33. The van der Waals surface area contributed by atoms with Crippen molar-refractivity contribution < 1.29 is 4.74 Å². The second-order valence-electron chi connectivity index (χ2n) is 4.42. The maximum absolute atomic E-state index is 5.50. The van der Waals surface area contributed by atoms with Gasteiger partial charge in [0.1, 0.15) is 5.75 Å². The SMILES string of the molecule is CCOc1cccc(CNCCSc2ccccc2)c1. The minimum atomic E-state index is 0.713. The first-order valence-electron chi connectivity index (χ1n) is 6.99. The Morgan fingerprint density at radius 1 is 1.05 bits per heavy atom. The Bertz CT molecular complexity index is 501. The van der Waals surface area contributed by atoms with E-state index in [1.165, 1.54) is 10.5 Å². The van der Waals surface area contributed by atoms with Crippen molar-refractivity contribution in [3.63, 3.8) is 0 Å². The average Bonchev–Trinajstić information content (AvgIpc) is 2.49. The van der Waals surface area contributed by atoms with E-state index in [2.05, 4.69) is 41.7 Å². The molecular formula is C17H21NOS. The van der Waals surface area contributed by atoms with Crippen molar-refractivity contribution in [1.29, 1.82) is 0 Å². The topological polar surface area (TPSA) is 21.3 Å². The Kier molecular flexibility index (Phi) is 6.48. The van der Waals surface area contributed by atoms with Crippen LogP contribution in [0, 0.1) is 0 Å². The molecule has 0 aliphatic heterocycles. The summed E-state index contributed by atoms with van der Waals surface area (Å²) in [7, 11) is 0. The number of rotatable bonds is 8. The van der Waals surface area contributed by atoms with Gasteiger partial charge in [-0.15, -0.1) is 11.8 Å². The number of thioether (sulfide) groups is 1. The smallest absolute Gasteiger partial charge is 0.119 e. The summed E-state index contributed by atoms with van der Waals surface area (Å²) in [5.41, 5.74) is 1.26. The standard InChI is InChI=1S/C17H21NOS/c1-2-19-16-8-6-7-15(13-16)14-18-11-12-20-17-9-4-3-5-10-17/h3-10,13,18H,2,11-12,14H2,1H3. The van der Waals surface area contributed by atoms with Crippen LogP contribution >= 0.6 is 11.8 Å². The monoisotopic (exact) mass is 287 g/mol. The number of nitrogens with one attached hydrogen (secondary N) is 1. The minimum Gasteiger partial charge on any atom is -0.494 e. The van der Waals surface area contributed by atoms with Crippen LogP contribution in [0.3, 0.4) is 0 Å². The Hall–Kier alpha value is -1.45. The van der Waals surface area contributed by atoms with E-state index in [-0.39, 0.29) is 0 Å². The van der Waals surface area contributed by atoms with Crippen molar-refractivity contribution in [2.24, 2.45) is 0 Å². The zero-order valence-corrected chi connectivity index (χ0v) is 12.7. The largest absolute Gasteiger partial charge is 0.494 e. The van der Waals surface area contributed by atoms with Gasteiger partial charge in [0.2, 0.25) is 0 Å². The Balaban J connectivity index is 1.67. The lowest BCUT2D eigenvalue weighted by molar-refractivity contribution is 0.340. The van der Waals surface area contributed by atoms with Crippen LogP contribution in [-0.4, -0.2) is 18.9 Å². The highest BCUT2D eigenvalue weighted by Crippen LogP contribution is 2.16. The van der Waals surface area contributed by atoms with Crippen molar-refractivity contribution in [3.05, 3.63) is 60.2 Å². The summed E-state index contributed by atoms with van der Waals surface area (Å²) in [5.74, 6) is 2.03. The summed E-state index contributed by atoms with van der Waals surface area (Å²) < 4.78 is 5.50. The van der Waals surface area contributed by atoms with E-state index in [0.717, 1.165) is 24.6 Å². The van der Waals surface area contributed by atoms with Crippen LogP contribution in [-0.2, 0) is 6.54 Å². The molecule has 0 unspecified atom stereocenters. The van der Waals surface area contributed by atoms with Crippen LogP contribution < -0.4 is 10.1 Å². The molecule has 2 rings (SSSR count). The van der Waals surface area contributed by atoms with Crippen molar-refractivity contribution in [2.75, 3.05) is 18.9 Å². The van der Waals surface area contributed by atoms with Gasteiger partial charge in [-0.05, 0) is 36.8 Å². The molecular weight excluding hydrogens is 266 g/mol. The molecule has 0 aliphatic rings. The molecule has 0 saturated heterocycles. The molecule has 0 bridgehead atoms. The van der Waals surface area contributed by atoms with Crippen LogP contribution in [0.25, 0.3) is 0 Å². The fourth-order valence-electron chi connectivity index (χ4n) is 1.90. The molecule has 106 valence electrons. The van der Waals surface area contributed by atoms with Gasteiger partial charge in [0.05, 0.1) is 6.61 Å². The highest BCUT2D eigenvalue weighted by molar-refractivity contribution is 7.99. The number of ether oxygens (including phenoxy) is 1. The third kappa shape index (κ3) is 5.27. The predicted octanol–water partition coefficient (Wildman–Crippen LogP) is 3.97. The molecule has 2 nitrogen and oxygen atoms in total. The van der Waals surface area contributed by atoms with Crippen molar-refractivity contribution in [2.45, 2.75) is 18.4 Å². The Morgan fingerprint density at radius 2 is 1.90 bits per heavy atom. The molecule has 3 heteroatoms. The van der Waals surface area contributed by atoms with Gasteiger partial charge in [0, 0.05) is 23.7 Å². The van der Waals surface area contributed by atoms with Gasteiger partial charge in [0.15, 0.2) is 0 Å². The van der Waals surface area contributed by atoms with Gasteiger partial charge in [-0.1, -0.05) is 30.3 Å². The fraction of sp³-hybridized carbons (Fsp3) is 0.294. The third-order valence-corrected chi connectivity index (χ3v) is 3.84. The number of hydrogen-bond donors (Lipinski definition) is 1. The van der Waals surface area contributed by atoms with Crippen LogP contribution in [0.4, 0.5) is 0 Å². The Morgan fingerprint density at radius 3 is 2.70 bits per heavy atom. The van der Waals surface area contributed by atoms with Gasteiger partial charge < -0.3 is 10.1 Å². The maximum Gasteiger partial charge on any atom is 0.119 e. The first-order chi connectivity index (χ1) is 9.88. The third-order valence-electron chi connectivity index (χ3n) is 2.83. The van der Waals surface area contributed by atoms with E-state index < -0.39 is 0 Å². The maximum atomic E-state index is 5.50. The molecule has 1 N–H and O–H groups in total. The molecule has 0 amide bonds. The van der Waals surface area contributed by atoms with E-state index in [0.29, 0.717) is 6.61 Å². The van der Waals surface area contributed by atoms with Crippen molar-refractivity contribution in [1.82, 2.24) is 5.32 Å². The second kappa shape index (κ2) is 8.67. The van der Waals surface area contributed by atoms with E-state index >= 15 is 0 Å². The number of benzene rings is 2. The van der Waals surface area contributed by atoms with E-state index in [1.54, 1.807) is 0 Å². The van der Waals surface area contributed by atoms with Crippen molar-refractivity contribution >= 4 is 11.8 Å². The lowest BCUT2D eigenvalue weighted by Gasteiger charge is -2.07. The van der Waals surface area contributed by atoms with E-state index in [1.807, 2.05) is 36.9 Å². The summed E-state index contributed by atoms with van der Waals surface area (Å²) in [6, 6.07) is 18.8. The summed E-state index contributed by atoms with van der Waals surface area (Å²) in [6.45, 7) is 4.60. The quantitative estimate of drug-likeness (QED) is 0.586. The highest BCUT2D eigenvalue weighted by Gasteiger charge is 1.97. The molecule has 0 fully saturated rings. The van der Waals surface area contributed by atoms with Crippen LogP contribution in [0.15, 0.2) is 59.5 Å². The van der Waals surface area contributed by atoms with Crippen molar-refractivity contribution in [3.8, 4) is 5.75 Å². The molecule has 0 aromatic heterocycles. The van der Waals surface area contributed by atoms with Gasteiger partial charge >= 0.3 is 0 Å². The molecule has 0 saturated carbocycles. The first-order valence-corrected chi connectivity index (χ1v) is 7.97. The van der Waals surface area contributed by atoms with Crippen LogP contribution in [0.5, 0.6) is 5.75 Å². The fourth-order valence-corrected chi connectivity index (χ4v) is 2.73. The lowest BCUT2D eigenvalue weighted by Crippen LogP contribution is -2.16. The minimum absolute atomic E-state index is 0.713. The van der Waals surface area contributed by atoms with Gasteiger partial charge in [0.25, 0.3) is 0 Å². The number of hydrogen-bond acceptors (Lipinski definition) is 3. The zero-order valence-electron chi connectivity index (χ0n) is 11.8. The average molecular weight is 287 g/mol. The van der Waals surface area contributed by atoms with Gasteiger partial charge in [-0.25, -0.2) is 0 Å². The second-order valence-corrected chi connectivity index (χ2v) is 5.59. The Labute approximate surface area is 125 Å². The van der Waals surface area contributed by atoms with Gasteiger partial charge in [-0.2, -0.15) is 0 Å². The zero-order chi connectivity index (χ0) is 14.0. The molecule has 0 spiro atoms. The summed E-state index contributed by atoms with van der Waals surface area (Å²) in [5, 5.41) is 3.46. The molecule has 0 radical (unpaired) electrons. The lowest BCUT2D eigenvalue weighted by atomic mass is 10.2. The molecule has 2 aromatic carbocycles. The van der Waals surface area contributed by atoms with E-state index in [9.17, 15) is 0 Å². The molecule has 0 aliphatic carbocycles. The predicted molar refractivity (Wildman–Crippen MR) is 86.5 cm³/mol. The normalized spacial score (nSPS) is 10.4. The van der Waals surface area contributed by atoms with Crippen LogP contribution in [0.2, 0.25) is 0 Å². The highest BCUT2D eigenvalue weighted by atomic mass is 32.2. The molecule has 0 atom stereocenters. The molecule has 20 heavy (non-hydrogen) atoms. The summed E-state index contributed by atoms with van der Waals surface area (Å²) >= 11 is 1.88. The van der Waals surface area contributed by atoms with E-state index in [4.69, 9.17) is 4.74 Å². The van der Waals surface area contributed by atoms with Gasteiger partial charge in [-0.3, -0.25) is 0 Å². The van der Waals surface area contributed by atoms with Crippen LogP contribution in [0.1, 0.15) is 12.5 Å². The summed E-state index contributed by atoms with van der Waals surface area (Å²) in [6.07, 6.45) is 0.